The van der Waals surface area contributed by atoms with Gasteiger partial charge < -0.3 is 25.2 Å². The molecule has 2 heterocycles. The highest BCUT2D eigenvalue weighted by Gasteiger charge is 2.32. The third kappa shape index (κ3) is 4.57. The summed E-state index contributed by atoms with van der Waals surface area (Å²) in [5.74, 6) is 0.633. The lowest BCUT2D eigenvalue weighted by atomic mass is 9.96. The zero-order valence-electron chi connectivity index (χ0n) is 17.7. The van der Waals surface area contributed by atoms with Gasteiger partial charge in [0.2, 0.25) is 0 Å². The van der Waals surface area contributed by atoms with E-state index in [0.717, 1.165) is 6.42 Å². The number of benzene rings is 2. The zero-order chi connectivity index (χ0) is 22.7. The smallest absolute Gasteiger partial charge is 0.404 e. The number of carbonyl (C=O) groups is 1. The number of nitrogens with one attached hydrogen (secondary N) is 1. The van der Waals surface area contributed by atoms with Crippen molar-refractivity contribution in [2.75, 3.05) is 31.7 Å². The summed E-state index contributed by atoms with van der Waals surface area (Å²) >= 11 is 0. The number of rotatable bonds is 7. The summed E-state index contributed by atoms with van der Waals surface area (Å²) in [5.41, 5.74) is 1.05. The number of amides is 1. The van der Waals surface area contributed by atoms with E-state index in [1.165, 1.54) is 12.1 Å². The Kier molecular flexibility index (Phi) is 6.36. The van der Waals surface area contributed by atoms with E-state index in [2.05, 4.69) is 10.3 Å². The highest BCUT2D eigenvalue weighted by Crippen LogP contribution is 2.34. The molecule has 8 nitrogen and oxygen atoms in total. The average Bonchev–Trinajstić information content (AvgIpc) is 3.26. The monoisotopic (exact) mass is 440 g/mol. The Bertz CT molecular complexity index is 1130. The average molecular weight is 440 g/mol. The Labute approximate surface area is 184 Å². The topological polar surface area (TPSA) is 108 Å². The standard InChI is InChI=1S/C23H25FN4O4/c1-32-11-9-18(26-23(30)31)14-8-10-28(13-14)22-17-12-15(24)6-7-19(17)25-21(27-22)16-4-2-3-5-20(16)29/h2-7,12,14,18,26,29H,8-11,13H2,1H3,(H,30,31). The van der Waals surface area contributed by atoms with Crippen LogP contribution in [0.15, 0.2) is 42.5 Å². The quantitative estimate of drug-likeness (QED) is 0.515. The summed E-state index contributed by atoms with van der Waals surface area (Å²) in [5, 5.41) is 22.7. The van der Waals surface area contributed by atoms with E-state index >= 15 is 0 Å². The maximum Gasteiger partial charge on any atom is 0.404 e. The third-order valence-electron chi connectivity index (χ3n) is 5.82. The number of phenols is 1. The molecule has 2 atom stereocenters. The van der Waals surface area contributed by atoms with Crippen molar-refractivity contribution in [3.05, 3.63) is 48.3 Å². The van der Waals surface area contributed by atoms with Crippen LogP contribution < -0.4 is 10.2 Å². The number of anilines is 1. The van der Waals surface area contributed by atoms with Gasteiger partial charge in [0.25, 0.3) is 0 Å². The first kappa shape index (κ1) is 21.8. The lowest BCUT2D eigenvalue weighted by Crippen LogP contribution is -2.41. The first-order valence-electron chi connectivity index (χ1n) is 10.4. The minimum absolute atomic E-state index is 0.0494. The SMILES string of the molecule is COCCC(NC(=O)O)C1CCN(c2nc(-c3ccccc3O)nc3ccc(F)cc23)C1. The van der Waals surface area contributed by atoms with Crippen molar-refractivity contribution >= 4 is 22.8 Å². The molecule has 2 unspecified atom stereocenters. The van der Waals surface area contributed by atoms with E-state index in [9.17, 15) is 19.4 Å². The Morgan fingerprint density at radius 3 is 2.88 bits per heavy atom. The Balaban J connectivity index is 1.71. The van der Waals surface area contributed by atoms with Crippen molar-refractivity contribution in [1.29, 1.82) is 0 Å². The summed E-state index contributed by atoms with van der Waals surface area (Å²) in [6.45, 7) is 1.64. The predicted octanol–water partition coefficient (Wildman–Crippen LogP) is 3.64. The molecular formula is C23H25FN4O4. The van der Waals surface area contributed by atoms with E-state index in [-0.39, 0.29) is 23.5 Å². The molecule has 0 radical (unpaired) electrons. The first-order chi connectivity index (χ1) is 15.5. The second-order valence-electron chi connectivity index (χ2n) is 7.88. The number of aromatic nitrogens is 2. The van der Waals surface area contributed by atoms with E-state index < -0.39 is 6.09 Å². The summed E-state index contributed by atoms with van der Waals surface area (Å²) in [7, 11) is 1.58. The second kappa shape index (κ2) is 9.35. The van der Waals surface area contributed by atoms with Gasteiger partial charge in [0.05, 0.1) is 11.1 Å². The van der Waals surface area contributed by atoms with Crippen molar-refractivity contribution in [2.24, 2.45) is 5.92 Å². The van der Waals surface area contributed by atoms with Gasteiger partial charge in [-0.1, -0.05) is 12.1 Å². The molecule has 32 heavy (non-hydrogen) atoms. The van der Waals surface area contributed by atoms with Crippen molar-refractivity contribution in [2.45, 2.75) is 18.9 Å². The molecule has 9 heteroatoms. The number of fused-ring (bicyclic) bond motifs is 1. The summed E-state index contributed by atoms with van der Waals surface area (Å²) in [4.78, 5) is 22.5. The second-order valence-corrected chi connectivity index (χ2v) is 7.88. The molecule has 0 bridgehead atoms. The van der Waals surface area contributed by atoms with E-state index in [1.807, 2.05) is 4.90 Å². The molecular weight excluding hydrogens is 415 g/mol. The molecule has 1 aliphatic rings. The van der Waals surface area contributed by atoms with E-state index in [4.69, 9.17) is 9.72 Å². The van der Waals surface area contributed by atoms with Crippen molar-refractivity contribution in [1.82, 2.24) is 15.3 Å². The Morgan fingerprint density at radius 2 is 2.12 bits per heavy atom. The summed E-state index contributed by atoms with van der Waals surface area (Å²) in [6, 6.07) is 10.9. The molecule has 0 spiro atoms. The van der Waals surface area contributed by atoms with Crippen LogP contribution in [0.3, 0.4) is 0 Å². The first-order valence-corrected chi connectivity index (χ1v) is 10.4. The number of aromatic hydroxyl groups is 1. The molecule has 0 aliphatic carbocycles. The van der Waals surface area contributed by atoms with Crippen LogP contribution in [0.2, 0.25) is 0 Å². The molecule has 3 N–H and O–H groups in total. The number of nitrogens with zero attached hydrogens (tertiary/aromatic N) is 3. The lowest BCUT2D eigenvalue weighted by Gasteiger charge is -2.25. The molecule has 1 saturated heterocycles. The predicted molar refractivity (Wildman–Crippen MR) is 118 cm³/mol. The van der Waals surface area contributed by atoms with Crippen LogP contribution in [-0.2, 0) is 4.74 Å². The van der Waals surface area contributed by atoms with Gasteiger partial charge in [-0.05, 0) is 49.1 Å². The zero-order valence-corrected chi connectivity index (χ0v) is 17.7. The van der Waals surface area contributed by atoms with Gasteiger partial charge in [-0.15, -0.1) is 0 Å². The highest BCUT2D eigenvalue weighted by molar-refractivity contribution is 5.91. The van der Waals surface area contributed by atoms with Crippen molar-refractivity contribution in [3.63, 3.8) is 0 Å². The normalized spacial score (nSPS) is 16.9. The van der Waals surface area contributed by atoms with E-state index in [1.54, 1.807) is 37.4 Å². The molecule has 1 aliphatic heterocycles. The molecule has 0 saturated carbocycles. The molecule has 2 aromatic carbocycles. The van der Waals surface area contributed by atoms with Crippen LogP contribution in [0.25, 0.3) is 22.3 Å². The Hall–Kier alpha value is -3.46. The number of hydrogen-bond acceptors (Lipinski definition) is 6. The third-order valence-corrected chi connectivity index (χ3v) is 5.82. The molecule has 168 valence electrons. The maximum atomic E-state index is 14.1. The molecule has 1 fully saturated rings. The number of methoxy groups -OCH3 is 1. The lowest BCUT2D eigenvalue weighted by molar-refractivity contribution is 0.159. The van der Waals surface area contributed by atoms with Gasteiger partial charge in [0, 0.05) is 38.2 Å². The fourth-order valence-electron chi connectivity index (χ4n) is 4.25. The summed E-state index contributed by atoms with van der Waals surface area (Å²) in [6.07, 6.45) is 0.242. The number of phenolic OH excluding ortho intramolecular Hbond substituents is 1. The van der Waals surface area contributed by atoms with Gasteiger partial charge >= 0.3 is 6.09 Å². The number of carboxylic acid groups (broad SMARTS) is 1. The van der Waals surface area contributed by atoms with Gasteiger partial charge in [-0.25, -0.2) is 19.2 Å². The van der Waals surface area contributed by atoms with Crippen molar-refractivity contribution < 1.29 is 24.1 Å². The molecule has 1 amide bonds. The number of halogens is 1. The van der Waals surface area contributed by atoms with Crippen LogP contribution in [0.5, 0.6) is 5.75 Å². The van der Waals surface area contributed by atoms with Crippen molar-refractivity contribution in [3.8, 4) is 17.1 Å². The van der Waals surface area contributed by atoms with E-state index in [0.29, 0.717) is 54.2 Å². The summed E-state index contributed by atoms with van der Waals surface area (Å²) < 4.78 is 19.2. The van der Waals surface area contributed by atoms with Crippen LogP contribution in [-0.4, -0.2) is 59.1 Å². The largest absolute Gasteiger partial charge is 0.507 e. The molecule has 3 aromatic rings. The fourth-order valence-corrected chi connectivity index (χ4v) is 4.25. The van der Waals surface area contributed by atoms with Gasteiger partial charge in [0.15, 0.2) is 5.82 Å². The molecule has 1 aromatic heterocycles. The highest BCUT2D eigenvalue weighted by atomic mass is 19.1. The van der Waals surface area contributed by atoms with Crippen LogP contribution >= 0.6 is 0 Å². The number of hydrogen-bond donors (Lipinski definition) is 3. The fraction of sp³-hybridized carbons (Fsp3) is 0.348. The van der Waals surface area contributed by atoms with Gasteiger partial charge in [0.1, 0.15) is 17.4 Å². The van der Waals surface area contributed by atoms with Crippen LogP contribution in [0.1, 0.15) is 12.8 Å². The number of para-hydroxylation sites is 1. The Morgan fingerprint density at radius 1 is 1.31 bits per heavy atom. The van der Waals surface area contributed by atoms with Gasteiger partial charge in [-0.2, -0.15) is 0 Å². The van der Waals surface area contributed by atoms with Crippen LogP contribution in [0, 0.1) is 11.7 Å². The maximum absolute atomic E-state index is 14.1. The minimum Gasteiger partial charge on any atom is -0.507 e. The molecule has 4 rings (SSSR count). The van der Waals surface area contributed by atoms with Crippen LogP contribution in [0.4, 0.5) is 15.0 Å². The number of ether oxygens (including phenoxy) is 1. The minimum atomic E-state index is -1.07. The van der Waals surface area contributed by atoms with Gasteiger partial charge in [-0.3, -0.25) is 0 Å².